The Hall–Kier alpha value is -1.65. The lowest BCUT2D eigenvalue weighted by Crippen LogP contribution is -2.31. The van der Waals surface area contributed by atoms with Crippen LogP contribution in [0.5, 0.6) is 0 Å². The van der Waals surface area contributed by atoms with Gasteiger partial charge in [-0.1, -0.05) is 0 Å². The van der Waals surface area contributed by atoms with Crippen LogP contribution in [0.25, 0.3) is 0 Å². The van der Waals surface area contributed by atoms with E-state index in [0.717, 1.165) is 0 Å². The van der Waals surface area contributed by atoms with Crippen molar-refractivity contribution in [2.45, 2.75) is 19.9 Å². The van der Waals surface area contributed by atoms with Crippen molar-refractivity contribution in [2.75, 3.05) is 0 Å². The standard InChI is InChI=1S/C8H11N3O2/c1-5(2)9-8(13)6-3-4-7(12)11-10-6/h3-5H,1-2H3,(H,9,13)(H,11,12). The lowest BCUT2D eigenvalue weighted by Gasteiger charge is -2.06. The number of aromatic nitrogens is 2. The molecule has 5 heteroatoms. The first-order valence-electron chi connectivity index (χ1n) is 3.96. The van der Waals surface area contributed by atoms with E-state index in [1.54, 1.807) is 0 Å². The van der Waals surface area contributed by atoms with E-state index in [9.17, 15) is 9.59 Å². The van der Waals surface area contributed by atoms with Gasteiger partial charge in [0.2, 0.25) is 0 Å². The fourth-order valence-corrected chi connectivity index (χ4v) is 0.807. The Balaban J connectivity index is 2.78. The van der Waals surface area contributed by atoms with Crippen molar-refractivity contribution in [2.24, 2.45) is 0 Å². The van der Waals surface area contributed by atoms with E-state index in [1.165, 1.54) is 12.1 Å². The molecule has 0 aliphatic rings. The number of hydrogen-bond acceptors (Lipinski definition) is 3. The molecule has 0 radical (unpaired) electrons. The molecule has 0 aliphatic heterocycles. The number of nitrogens with one attached hydrogen (secondary N) is 2. The highest BCUT2D eigenvalue weighted by Crippen LogP contribution is 1.89. The van der Waals surface area contributed by atoms with Gasteiger partial charge in [-0.15, -0.1) is 0 Å². The minimum atomic E-state index is -0.318. The molecule has 1 heterocycles. The summed E-state index contributed by atoms with van der Waals surface area (Å²) >= 11 is 0. The summed E-state index contributed by atoms with van der Waals surface area (Å²) in [6.07, 6.45) is 0. The first-order valence-corrected chi connectivity index (χ1v) is 3.96. The van der Waals surface area contributed by atoms with Gasteiger partial charge in [-0.2, -0.15) is 5.10 Å². The Kier molecular flexibility index (Phi) is 2.79. The third kappa shape index (κ3) is 2.70. The molecule has 13 heavy (non-hydrogen) atoms. The monoisotopic (exact) mass is 181 g/mol. The molecule has 0 aliphatic carbocycles. The quantitative estimate of drug-likeness (QED) is 0.669. The van der Waals surface area contributed by atoms with Gasteiger partial charge in [0, 0.05) is 12.1 Å². The van der Waals surface area contributed by atoms with Crippen molar-refractivity contribution in [3.8, 4) is 0 Å². The zero-order valence-corrected chi connectivity index (χ0v) is 7.50. The summed E-state index contributed by atoms with van der Waals surface area (Å²) in [5.74, 6) is -0.286. The van der Waals surface area contributed by atoms with Gasteiger partial charge < -0.3 is 5.32 Å². The molecule has 2 N–H and O–H groups in total. The van der Waals surface area contributed by atoms with Crippen molar-refractivity contribution < 1.29 is 4.79 Å². The fourth-order valence-electron chi connectivity index (χ4n) is 0.807. The summed E-state index contributed by atoms with van der Waals surface area (Å²) < 4.78 is 0. The maximum Gasteiger partial charge on any atom is 0.271 e. The number of rotatable bonds is 2. The van der Waals surface area contributed by atoms with Gasteiger partial charge in [0.1, 0.15) is 5.69 Å². The Bertz CT molecular complexity index is 336. The molecule has 1 rings (SSSR count). The molecular formula is C8H11N3O2. The molecule has 0 saturated carbocycles. The topological polar surface area (TPSA) is 74.8 Å². The van der Waals surface area contributed by atoms with Crippen LogP contribution in [0, 0.1) is 0 Å². The van der Waals surface area contributed by atoms with Crippen molar-refractivity contribution in [3.63, 3.8) is 0 Å². The van der Waals surface area contributed by atoms with E-state index < -0.39 is 0 Å². The Morgan fingerprint density at radius 3 is 2.69 bits per heavy atom. The lowest BCUT2D eigenvalue weighted by molar-refractivity contribution is 0.0937. The zero-order valence-electron chi connectivity index (χ0n) is 7.50. The molecule has 0 fully saturated rings. The summed E-state index contributed by atoms with van der Waals surface area (Å²) in [4.78, 5) is 21.9. The van der Waals surface area contributed by atoms with E-state index in [2.05, 4.69) is 15.5 Å². The first kappa shape index (κ1) is 9.44. The van der Waals surface area contributed by atoms with E-state index in [0.29, 0.717) is 0 Å². The molecule has 1 amide bonds. The number of H-pyrrole nitrogens is 1. The molecular weight excluding hydrogens is 170 g/mol. The highest BCUT2D eigenvalue weighted by atomic mass is 16.2. The summed E-state index contributed by atoms with van der Waals surface area (Å²) in [5, 5.41) is 8.42. The van der Waals surface area contributed by atoms with Crippen LogP contribution in [-0.4, -0.2) is 22.1 Å². The summed E-state index contributed by atoms with van der Waals surface area (Å²) in [6.45, 7) is 3.70. The maximum atomic E-state index is 11.3. The molecule has 1 aromatic heterocycles. The first-order chi connectivity index (χ1) is 6.09. The van der Waals surface area contributed by atoms with Crippen LogP contribution < -0.4 is 10.9 Å². The molecule has 0 atom stereocenters. The van der Waals surface area contributed by atoms with Gasteiger partial charge in [0.15, 0.2) is 0 Å². The molecule has 70 valence electrons. The van der Waals surface area contributed by atoms with E-state index >= 15 is 0 Å². The van der Waals surface area contributed by atoms with Crippen molar-refractivity contribution in [1.82, 2.24) is 15.5 Å². The third-order valence-corrected chi connectivity index (χ3v) is 1.33. The van der Waals surface area contributed by atoms with Crippen molar-refractivity contribution in [3.05, 3.63) is 28.2 Å². The van der Waals surface area contributed by atoms with Crippen LogP contribution in [-0.2, 0) is 0 Å². The SMILES string of the molecule is CC(C)NC(=O)c1ccc(=O)[nH]n1. The highest BCUT2D eigenvalue weighted by Gasteiger charge is 2.07. The molecule has 1 aromatic rings. The zero-order chi connectivity index (χ0) is 9.84. The minimum Gasteiger partial charge on any atom is -0.348 e. The molecule has 0 saturated heterocycles. The van der Waals surface area contributed by atoms with Crippen LogP contribution in [0.1, 0.15) is 24.3 Å². The molecule has 0 bridgehead atoms. The maximum absolute atomic E-state index is 11.3. The lowest BCUT2D eigenvalue weighted by atomic mass is 10.3. The summed E-state index contributed by atoms with van der Waals surface area (Å²) in [6, 6.07) is 2.71. The van der Waals surface area contributed by atoms with Crippen LogP contribution in [0.3, 0.4) is 0 Å². The number of nitrogens with zero attached hydrogens (tertiary/aromatic N) is 1. The normalized spacial score (nSPS) is 10.1. The second-order valence-electron chi connectivity index (χ2n) is 2.93. The predicted octanol–water partition coefficient (Wildman–Crippen LogP) is -0.0919. The predicted molar refractivity (Wildman–Crippen MR) is 47.5 cm³/mol. The average molecular weight is 181 g/mol. The number of carbonyl (C=O) groups is 1. The largest absolute Gasteiger partial charge is 0.348 e. The highest BCUT2D eigenvalue weighted by molar-refractivity contribution is 5.92. The molecule has 0 aromatic carbocycles. The van der Waals surface area contributed by atoms with Gasteiger partial charge in [0.05, 0.1) is 0 Å². The van der Waals surface area contributed by atoms with Gasteiger partial charge in [0.25, 0.3) is 11.5 Å². The van der Waals surface area contributed by atoms with E-state index in [-0.39, 0.29) is 23.2 Å². The van der Waals surface area contributed by atoms with Gasteiger partial charge in [-0.25, -0.2) is 5.10 Å². The van der Waals surface area contributed by atoms with Crippen LogP contribution in [0.2, 0.25) is 0 Å². The third-order valence-electron chi connectivity index (χ3n) is 1.33. The second kappa shape index (κ2) is 3.84. The van der Waals surface area contributed by atoms with Gasteiger partial charge >= 0.3 is 0 Å². The Morgan fingerprint density at radius 2 is 2.23 bits per heavy atom. The summed E-state index contributed by atoms with van der Waals surface area (Å²) in [7, 11) is 0. The van der Waals surface area contributed by atoms with Crippen molar-refractivity contribution in [1.29, 1.82) is 0 Å². The number of amides is 1. The Labute approximate surface area is 75.2 Å². The number of hydrogen-bond donors (Lipinski definition) is 2. The smallest absolute Gasteiger partial charge is 0.271 e. The Morgan fingerprint density at radius 1 is 1.54 bits per heavy atom. The van der Waals surface area contributed by atoms with Crippen LogP contribution in [0.4, 0.5) is 0 Å². The number of carbonyl (C=O) groups excluding carboxylic acids is 1. The molecule has 0 spiro atoms. The van der Waals surface area contributed by atoms with E-state index in [1.807, 2.05) is 13.8 Å². The van der Waals surface area contributed by atoms with Gasteiger partial charge in [-0.3, -0.25) is 9.59 Å². The number of aromatic amines is 1. The fraction of sp³-hybridized carbons (Fsp3) is 0.375. The van der Waals surface area contributed by atoms with Crippen molar-refractivity contribution >= 4 is 5.91 Å². The van der Waals surface area contributed by atoms with E-state index in [4.69, 9.17) is 0 Å². The van der Waals surface area contributed by atoms with Crippen LogP contribution >= 0.6 is 0 Å². The average Bonchev–Trinajstić information content (AvgIpc) is 2.04. The minimum absolute atomic E-state index is 0.0567. The second-order valence-corrected chi connectivity index (χ2v) is 2.93. The summed E-state index contributed by atoms with van der Waals surface area (Å²) in [5.41, 5.74) is -0.102. The van der Waals surface area contributed by atoms with Gasteiger partial charge in [-0.05, 0) is 19.9 Å². The molecule has 5 nitrogen and oxygen atoms in total. The van der Waals surface area contributed by atoms with Crippen LogP contribution in [0.15, 0.2) is 16.9 Å². The molecule has 0 unspecified atom stereocenters.